The van der Waals surface area contributed by atoms with E-state index < -0.39 is 35.6 Å². The Hall–Kier alpha value is -3.93. The van der Waals surface area contributed by atoms with Crippen molar-refractivity contribution in [1.82, 2.24) is 5.32 Å². The van der Waals surface area contributed by atoms with Crippen LogP contribution < -0.4 is 14.8 Å². The molecule has 3 aromatic rings. The number of carbonyl (C=O) groups excluding carboxylic acids is 1. The van der Waals surface area contributed by atoms with Crippen molar-refractivity contribution < 1.29 is 40.6 Å². The predicted octanol–water partition coefficient (Wildman–Crippen LogP) is 7.38. The van der Waals surface area contributed by atoms with E-state index in [0.29, 0.717) is 28.2 Å². The van der Waals surface area contributed by atoms with E-state index in [2.05, 4.69) is 10.3 Å². The van der Waals surface area contributed by atoms with Gasteiger partial charge in [0, 0.05) is 5.56 Å². The fourth-order valence-corrected chi connectivity index (χ4v) is 4.52. The van der Waals surface area contributed by atoms with Gasteiger partial charge in [0.2, 0.25) is 0 Å². The molecule has 1 saturated heterocycles. The standard InChI is InChI=1S/C28H22F6N2O3S/c1-16-3-5-17(6-4-16)14-35-26-36-25(37)24(40-26)12-18-7-10-22(23(11-18)38-2)39-15-19-8-9-20(27(29,30)31)13-21(19)28(32,33)34/h3-13H,14-15H2,1-2H3,(H,35,36,37). The molecule has 12 heteroatoms. The highest BCUT2D eigenvalue weighted by Gasteiger charge is 2.38. The zero-order valence-corrected chi connectivity index (χ0v) is 21.9. The average Bonchev–Trinajstić information content (AvgIpc) is 3.25. The Morgan fingerprint density at radius 3 is 2.30 bits per heavy atom. The molecule has 1 fully saturated rings. The number of aryl methyl sites for hydroxylation is 1. The molecule has 1 amide bonds. The van der Waals surface area contributed by atoms with Crippen LogP contribution in [0.25, 0.3) is 6.08 Å². The number of aliphatic imine (C=N–C) groups is 1. The van der Waals surface area contributed by atoms with E-state index in [9.17, 15) is 31.1 Å². The molecule has 1 aliphatic rings. The van der Waals surface area contributed by atoms with Gasteiger partial charge >= 0.3 is 12.4 Å². The molecule has 3 aromatic carbocycles. The summed E-state index contributed by atoms with van der Waals surface area (Å²) in [5, 5.41) is 3.15. The van der Waals surface area contributed by atoms with Gasteiger partial charge in [0.15, 0.2) is 16.7 Å². The monoisotopic (exact) mass is 580 g/mol. The zero-order valence-electron chi connectivity index (χ0n) is 21.1. The summed E-state index contributed by atoms with van der Waals surface area (Å²) in [5.41, 5.74) is -0.646. The molecule has 0 bridgehead atoms. The first-order chi connectivity index (χ1) is 18.8. The second-order valence-corrected chi connectivity index (χ2v) is 9.77. The number of alkyl halides is 6. The predicted molar refractivity (Wildman–Crippen MR) is 140 cm³/mol. The Morgan fingerprint density at radius 2 is 1.65 bits per heavy atom. The summed E-state index contributed by atoms with van der Waals surface area (Å²) in [7, 11) is 1.32. The van der Waals surface area contributed by atoms with Gasteiger partial charge in [0.05, 0.1) is 29.7 Å². The molecule has 40 heavy (non-hydrogen) atoms. The van der Waals surface area contributed by atoms with Crippen LogP contribution in [0, 0.1) is 6.92 Å². The molecule has 5 nitrogen and oxygen atoms in total. The van der Waals surface area contributed by atoms with Gasteiger partial charge in [-0.3, -0.25) is 9.79 Å². The normalized spacial score (nSPS) is 15.9. The maximum Gasteiger partial charge on any atom is 0.416 e. The quantitative estimate of drug-likeness (QED) is 0.234. The molecule has 1 aliphatic heterocycles. The molecule has 0 atom stereocenters. The number of nitrogens with zero attached hydrogens (tertiary/aromatic N) is 1. The Balaban J connectivity index is 1.48. The third-order valence-electron chi connectivity index (χ3n) is 5.79. The highest BCUT2D eigenvalue weighted by molar-refractivity contribution is 8.18. The number of ether oxygens (including phenoxy) is 2. The van der Waals surface area contributed by atoms with Crippen molar-refractivity contribution in [2.75, 3.05) is 7.11 Å². The molecule has 210 valence electrons. The molecule has 4 rings (SSSR count). The number of hydrogen-bond acceptors (Lipinski definition) is 5. The minimum absolute atomic E-state index is 0.0634. The van der Waals surface area contributed by atoms with Crippen LogP contribution in [0.15, 0.2) is 70.6 Å². The second kappa shape index (κ2) is 11.7. The van der Waals surface area contributed by atoms with E-state index in [1.165, 1.54) is 19.2 Å². The van der Waals surface area contributed by atoms with Crippen LogP contribution in [0.1, 0.15) is 33.4 Å². The molecule has 1 heterocycles. The second-order valence-electron chi connectivity index (χ2n) is 8.74. The maximum absolute atomic E-state index is 13.4. The number of amidine groups is 1. The van der Waals surface area contributed by atoms with Crippen LogP contribution in [-0.4, -0.2) is 18.2 Å². The van der Waals surface area contributed by atoms with E-state index in [1.54, 1.807) is 12.1 Å². The van der Waals surface area contributed by atoms with Crippen molar-refractivity contribution in [2.24, 2.45) is 4.99 Å². The summed E-state index contributed by atoms with van der Waals surface area (Å²) in [4.78, 5) is 17.2. The molecule has 0 aromatic heterocycles. The van der Waals surface area contributed by atoms with Crippen LogP contribution >= 0.6 is 11.8 Å². The fraction of sp³-hybridized carbons (Fsp3) is 0.214. The first-order valence-corrected chi connectivity index (χ1v) is 12.5. The van der Waals surface area contributed by atoms with Crippen LogP contribution in [0.3, 0.4) is 0 Å². The summed E-state index contributed by atoms with van der Waals surface area (Å²) in [6.07, 6.45) is -8.34. The van der Waals surface area contributed by atoms with Crippen molar-refractivity contribution in [2.45, 2.75) is 32.4 Å². The summed E-state index contributed by atoms with van der Waals surface area (Å²) in [6.45, 7) is 1.73. The lowest BCUT2D eigenvalue weighted by molar-refractivity contribution is -0.143. The molecule has 0 radical (unpaired) electrons. The van der Waals surface area contributed by atoms with Crippen LogP contribution in [0.5, 0.6) is 11.5 Å². The number of carbonyl (C=O) groups is 1. The Kier molecular flexibility index (Phi) is 8.48. The Morgan fingerprint density at radius 1 is 0.925 bits per heavy atom. The van der Waals surface area contributed by atoms with Crippen LogP contribution in [0.2, 0.25) is 0 Å². The van der Waals surface area contributed by atoms with Gasteiger partial charge in [-0.1, -0.05) is 42.0 Å². The number of hydrogen-bond donors (Lipinski definition) is 1. The SMILES string of the molecule is COc1cc(C=C2SC(=NCc3ccc(C)cc3)NC2=O)ccc1OCc1ccc(C(F)(F)F)cc1C(F)(F)F. The Bertz CT molecular complexity index is 1460. The number of halogens is 6. The minimum Gasteiger partial charge on any atom is -0.493 e. The maximum atomic E-state index is 13.4. The number of methoxy groups -OCH3 is 1. The third kappa shape index (κ3) is 7.17. The summed E-state index contributed by atoms with van der Waals surface area (Å²) >= 11 is 1.16. The molecule has 0 saturated carbocycles. The van der Waals surface area contributed by atoms with Crippen molar-refractivity contribution >= 4 is 28.9 Å². The lowest BCUT2D eigenvalue weighted by atomic mass is 10.0. The average molecular weight is 581 g/mol. The molecule has 0 aliphatic carbocycles. The van der Waals surface area contributed by atoms with Gasteiger partial charge < -0.3 is 14.8 Å². The topological polar surface area (TPSA) is 59.9 Å². The van der Waals surface area contributed by atoms with E-state index in [-0.39, 0.29) is 23.5 Å². The van der Waals surface area contributed by atoms with E-state index in [4.69, 9.17) is 9.47 Å². The highest BCUT2D eigenvalue weighted by atomic mass is 32.2. The molecule has 1 N–H and O–H groups in total. The van der Waals surface area contributed by atoms with Gasteiger partial charge in [-0.15, -0.1) is 0 Å². The van der Waals surface area contributed by atoms with E-state index >= 15 is 0 Å². The van der Waals surface area contributed by atoms with Crippen molar-refractivity contribution in [3.8, 4) is 11.5 Å². The zero-order chi connectivity index (χ0) is 29.1. The summed E-state index contributed by atoms with van der Waals surface area (Å²) < 4.78 is 89.9. The molecule has 0 spiro atoms. The number of benzene rings is 3. The van der Waals surface area contributed by atoms with E-state index in [1.807, 2.05) is 31.2 Å². The van der Waals surface area contributed by atoms with Crippen molar-refractivity contribution in [3.05, 3.63) is 98.9 Å². The lowest BCUT2D eigenvalue weighted by Crippen LogP contribution is -2.19. The lowest BCUT2D eigenvalue weighted by Gasteiger charge is -2.17. The highest BCUT2D eigenvalue weighted by Crippen LogP contribution is 2.38. The van der Waals surface area contributed by atoms with Crippen LogP contribution in [0.4, 0.5) is 26.3 Å². The first kappa shape index (κ1) is 29.1. The number of rotatable bonds is 7. The minimum atomic E-state index is -5.01. The van der Waals surface area contributed by atoms with Gasteiger partial charge in [-0.2, -0.15) is 26.3 Å². The van der Waals surface area contributed by atoms with Gasteiger partial charge in [0.1, 0.15) is 6.61 Å². The number of nitrogens with one attached hydrogen (secondary N) is 1. The fourth-order valence-electron chi connectivity index (χ4n) is 3.70. The van der Waals surface area contributed by atoms with Gasteiger partial charge in [0.25, 0.3) is 5.91 Å². The molecule has 0 unspecified atom stereocenters. The van der Waals surface area contributed by atoms with Gasteiger partial charge in [-0.05, 0) is 60.2 Å². The summed E-state index contributed by atoms with van der Waals surface area (Å²) in [6, 6.07) is 13.8. The third-order valence-corrected chi connectivity index (χ3v) is 6.74. The Labute approximate surface area is 229 Å². The number of thioether (sulfide) groups is 1. The number of amides is 1. The molecular formula is C28H22F6N2O3S. The first-order valence-electron chi connectivity index (χ1n) is 11.7. The molecular weight excluding hydrogens is 558 g/mol. The van der Waals surface area contributed by atoms with E-state index in [0.717, 1.165) is 29.0 Å². The van der Waals surface area contributed by atoms with Gasteiger partial charge in [-0.25, -0.2) is 0 Å². The van der Waals surface area contributed by atoms with Crippen molar-refractivity contribution in [1.29, 1.82) is 0 Å². The van der Waals surface area contributed by atoms with Crippen LogP contribution in [-0.2, 0) is 30.3 Å². The summed E-state index contributed by atoms with van der Waals surface area (Å²) in [5.74, 6) is -0.109. The smallest absolute Gasteiger partial charge is 0.416 e. The largest absolute Gasteiger partial charge is 0.493 e. The van der Waals surface area contributed by atoms with Crippen molar-refractivity contribution in [3.63, 3.8) is 0 Å².